The van der Waals surface area contributed by atoms with Crippen LogP contribution in [-0.2, 0) is 18.4 Å². The maximum atomic E-state index is 12.7. The molecule has 0 saturated carbocycles. The van der Waals surface area contributed by atoms with Crippen molar-refractivity contribution in [3.8, 4) is 5.95 Å². The summed E-state index contributed by atoms with van der Waals surface area (Å²) in [4.78, 5) is 44.2. The molecule has 1 amide bonds. The molecule has 0 aliphatic carbocycles. The van der Waals surface area contributed by atoms with Gasteiger partial charge in [-0.05, 0) is 19.1 Å². The highest BCUT2D eigenvalue weighted by Gasteiger charge is 2.17. The number of carbonyl (C=O) groups is 1. The SMILES string of the molecule is Cc1cc(NC(=O)Cn2c(=O)oc3ccccc32)n(-c2nc3c(cnn3C)c(=O)[nH]2)n1. The van der Waals surface area contributed by atoms with Crippen LogP contribution in [0.15, 0.2) is 50.5 Å². The van der Waals surface area contributed by atoms with Crippen molar-refractivity contribution in [3.05, 3.63) is 63.1 Å². The Morgan fingerprint density at radius 3 is 2.90 bits per heavy atom. The number of hydrogen-bond acceptors (Lipinski definition) is 7. The van der Waals surface area contributed by atoms with Crippen molar-refractivity contribution < 1.29 is 9.21 Å². The first-order valence-corrected chi connectivity index (χ1v) is 9.28. The van der Waals surface area contributed by atoms with Crippen LogP contribution in [0.3, 0.4) is 0 Å². The summed E-state index contributed by atoms with van der Waals surface area (Å²) in [5.74, 6) is -0.698. The standard InChI is InChI=1S/C19H16N8O4/c1-10-7-14(21-15(28)9-26-12-5-3-4-6-13(12)31-19(26)30)27(24-10)18-22-16-11(17(29)23-18)8-20-25(16)2/h3-8H,9H2,1-2H3,(H,21,28)(H,22,23,29). The zero-order valence-electron chi connectivity index (χ0n) is 16.5. The lowest BCUT2D eigenvalue weighted by molar-refractivity contribution is -0.116. The number of carbonyl (C=O) groups excluding carboxylic acids is 1. The molecule has 0 fully saturated rings. The van der Waals surface area contributed by atoms with E-state index in [9.17, 15) is 14.4 Å². The number of fused-ring (bicyclic) bond motifs is 2. The normalized spacial score (nSPS) is 11.4. The molecule has 31 heavy (non-hydrogen) atoms. The topological polar surface area (TPSA) is 146 Å². The first-order valence-electron chi connectivity index (χ1n) is 9.28. The Hall–Kier alpha value is -4.48. The van der Waals surface area contributed by atoms with E-state index in [2.05, 4.69) is 25.5 Å². The number of anilines is 1. The van der Waals surface area contributed by atoms with Crippen LogP contribution in [0.4, 0.5) is 5.82 Å². The molecule has 4 heterocycles. The minimum absolute atomic E-state index is 0.121. The molecule has 156 valence electrons. The van der Waals surface area contributed by atoms with Crippen molar-refractivity contribution in [1.82, 2.24) is 34.1 Å². The Morgan fingerprint density at radius 2 is 2.06 bits per heavy atom. The molecule has 5 aromatic rings. The van der Waals surface area contributed by atoms with Gasteiger partial charge in [-0.2, -0.15) is 19.9 Å². The number of para-hydroxylation sites is 2. The first-order chi connectivity index (χ1) is 14.9. The number of aromatic nitrogens is 7. The molecule has 0 aliphatic heterocycles. The molecule has 5 rings (SSSR count). The predicted molar refractivity (Wildman–Crippen MR) is 110 cm³/mol. The third kappa shape index (κ3) is 3.10. The Labute approximate surface area is 172 Å². The largest absolute Gasteiger partial charge is 0.420 e. The van der Waals surface area contributed by atoms with Gasteiger partial charge in [0.15, 0.2) is 11.2 Å². The molecule has 0 unspecified atom stereocenters. The van der Waals surface area contributed by atoms with Crippen LogP contribution in [0.25, 0.3) is 28.1 Å². The molecular weight excluding hydrogens is 404 g/mol. The summed E-state index contributed by atoms with van der Waals surface area (Å²) in [6.45, 7) is 1.48. The lowest BCUT2D eigenvalue weighted by Gasteiger charge is -2.08. The van der Waals surface area contributed by atoms with Gasteiger partial charge in [0.2, 0.25) is 11.9 Å². The molecule has 0 bridgehead atoms. The van der Waals surface area contributed by atoms with Gasteiger partial charge < -0.3 is 9.73 Å². The van der Waals surface area contributed by atoms with Crippen LogP contribution in [0.5, 0.6) is 0 Å². The smallest absolute Gasteiger partial charge is 0.408 e. The summed E-state index contributed by atoms with van der Waals surface area (Å²) >= 11 is 0. The summed E-state index contributed by atoms with van der Waals surface area (Å²) in [5, 5.41) is 11.4. The molecular formula is C19H16N8O4. The monoisotopic (exact) mass is 420 g/mol. The van der Waals surface area contributed by atoms with Crippen molar-refractivity contribution in [2.45, 2.75) is 13.5 Å². The fourth-order valence-corrected chi connectivity index (χ4v) is 3.36. The van der Waals surface area contributed by atoms with Gasteiger partial charge in [0.25, 0.3) is 5.56 Å². The van der Waals surface area contributed by atoms with E-state index in [0.29, 0.717) is 27.8 Å². The fraction of sp³-hybridized carbons (Fsp3) is 0.158. The lowest BCUT2D eigenvalue weighted by atomic mass is 10.3. The van der Waals surface area contributed by atoms with Crippen molar-refractivity contribution in [1.29, 1.82) is 0 Å². The summed E-state index contributed by atoms with van der Waals surface area (Å²) in [5.41, 5.74) is 1.50. The first kappa shape index (κ1) is 18.5. The summed E-state index contributed by atoms with van der Waals surface area (Å²) < 4.78 is 9.18. The summed E-state index contributed by atoms with van der Waals surface area (Å²) in [7, 11) is 1.67. The van der Waals surface area contributed by atoms with Crippen LogP contribution in [0, 0.1) is 6.92 Å². The van der Waals surface area contributed by atoms with Gasteiger partial charge in [0, 0.05) is 13.1 Å². The summed E-state index contributed by atoms with van der Waals surface area (Å²) in [6.07, 6.45) is 1.43. The molecule has 12 heteroatoms. The number of aryl methyl sites for hydroxylation is 2. The van der Waals surface area contributed by atoms with E-state index in [4.69, 9.17) is 4.42 Å². The molecule has 0 saturated heterocycles. The van der Waals surface area contributed by atoms with E-state index in [1.807, 2.05) is 0 Å². The number of nitrogens with one attached hydrogen (secondary N) is 2. The second-order valence-corrected chi connectivity index (χ2v) is 6.95. The van der Waals surface area contributed by atoms with Crippen LogP contribution in [0.1, 0.15) is 5.69 Å². The zero-order valence-corrected chi connectivity index (χ0v) is 16.5. The molecule has 0 radical (unpaired) electrons. The zero-order chi connectivity index (χ0) is 21.7. The summed E-state index contributed by atoms with van der Waals surface area (Å²) in [6, 6.07) is 8.46. The second-order valence-electron chi connectivity index (χ2n) is 6.95. The number of nitrogens with zero attached hydrogens (tertiary/aromatic N) is 6. The Morgan fingerprint density at radius 1 is 1.26 bits per heavy atom. The number of hydrogen-bond donors (Lipinski definition) is 2. The van der Waals surface area contributed by atoms with E-state index in [0.717, 1.165) is 0 Å². The number of rotatable bonds is 4. The molecule has 0 atom stereocenters. The van der Waals surface area contributed by atoms with Crippen LogP contribution in [-0.4, -0.2) is 40.0 Å². The van der Waals surface area contributed by atoms with Crippen LogP contribution < -0.4 is 16.6 Å². The Bertz CT molecular complexity index is 1580. The number of aromatic amines is 1. The molecule has 0 spiro atoms. The van der Waals surface area contributed by atoms with E-state index in [1.165, 1.54) is 20.1 Å². The molecule has 2 N–H and O–H groups in total. The van der Waals surface area contributed by atoms with Crippen molar-refractivity contribution in [2.75, 3.05) is 5.32 Å². The molecule has 1 aromatic carbocycles. The van der Waals surface area contributed by atoms with E-state index in [-0.39, 0.29) is 23.9 Å². The quantitative estimate of drug-likeness (QED) is 0.435. The average molecular weight is 420 g/mol. The van der Waals surface area contributed by atoms with Gasteiger partial charge in [0.1, 0.15) is 17.7 Å². The van der Waals surface area contributed by atoms with E-state index in [1.54, 1.807) is 44.3 Å². The van der Waals surface area contributed by atoms with Crippen molar-refractivity contribution >= 4 is 33.9 Å². The number of amides is 1. The lowest BCUT2D eigenvalue weighted by Crippen LogP contribution is -2.26. The predicted octanol–water partition coefficient (Wildman–Crippen LogP) is 0.697. The highest BCUT2D eigenvalue weighted by Crippen LogP contribution is 2.16. The van der Waals surface area contributed by atoms with Gasteiger partial charge >= 0.3 is 5.76 Å². The van der Waals surface area contributed by atoms with Crippen molar-refractivity contribution in [3.63, 3.8) is 0 Å². The third-order valence-electron chi connectivity index (χ3n) is 4.76. The van der Waals surface area contributed by atoms with Gasteiger partial charge in [-0.15, -0.1) is 0 Å². The Balaban J connectivity index is 1.49. The van der Waals surface area contributed by atoms with Crippen LogP contribution >= 0.6 is 0 Å². The number of H-pyrrole nitrogens is 1. The molecule has 4 aromatic heterocycles. The highest BCUT2D eigenvalue weighted by atomic mass is 16.4. The molecule has 0 aliphatic rings. The highest BCUT2D eigenvalue weighted by molar-refractivity contribution is 5.91. The van der Waals surface area contributed by atoms with Crippen molar-refractivity contribution in [2.24, 2.45) is 7.05 Å². The third-order valence-corrected chi connectivity index (χ3v) is 4.76. The fourth-order valence-electron chi connectivity index (χ4n) is 3.36. The van der Waals surface area contributed by atoms with Gasteiger partial charge in [-0.3, -0.25) is 23.8 Å². The van der Waals surface area contributed by atoms with Gasteiger partial charge in [-0.25, -0.2) is 4.79 Å². The maximum absolute atomic E-state index is 12.7. The number of benzene rings is 1. The minimum atomic E-state index is -0.631. The maximum Gasteiger partial charge on any atom is 0.420 e. The average Bonchev–Trinajstić information content (AvgIpc) is 3.38. The number of oxazole rings is 1. The second kappa shape index (κ2) is 6.79. The van der Waals surface area contributed by atoms with E-state index < -0.39 is 11.7 Å². The minimum Gasteiger partial charge on any atom is -0.408 e. The van der Waals surface area contributed by atoms with Gasteiger partial charge in [-0.1, -0.05) is 12.1 Å². The Kier molecular flexibility index (Phi) is 4.06. The van der Waals surface area contributed by atoms with E-state index >= 15 is 0 Å². The molecule has 12 nitrogen and oxygen atoms in total. The van der Waals surface area contributed by atoms with Crippen LogP contribution in [0.2, 0.25) is 0 Å². The van der Waals surface area contributed by atoms with Gasteiger partial charge in [0.05, 0.1) is 17.4 Å².